The zero-order valence-electron chi connectivity index (χ0n) is 19.4. The molecular formula is C27H30FN3O3. The predicted molar refractivity (Wildman–Crippen MR) is 130 cm³/mol. The number of methoxy groups -OCH3 is 1. The van der Waals surface area contributed by atoms with E-state index in [0.29, 0.717) is 23.1 Å². The van der Waals surface area contributed by atoms with Crippen LogP contribution in [0.4, 0.5) is 4.39 Å². The Balaban J connectivity index is 1.33. The van der Waals surface area contributed by atoms with Crippen molar-refractivity contribution in [3.8, 4) is 16.9 Å². The van der Waals surface area contributed by atoms with Gasteiger partial charge in [-0.2, -0.15) is 0 Å². The van der Waals surface area contributed by atoms with Crippen molar-refractivity contribution in [3.63, 3.8) is 0 Å². The SMILES string of the molecule is COc1ccc(F)cc1-c1ccnc2[nH]c(C3=CCC(C4CCN(CC(=O)O)CC4)CC3)cc12. The lowest BCUT2D eigenvalue weighted by Gasteiger charge is -2.36. The molecule has 34 heavy (non-hydrogen) atoms. The first kappa shape index (κ1) is 22.6. The van der Waals surface area contributed by atoms with Crippen molar-refractivity contribution in [2.45, 2.75) is 32.1 Å². The van der Waals surface area contributed by atoms with Gasteiger partial charge in [-0.1, -0.05) is 6.08 Å². The van der Waals surface area contributed by atoms with Crippen molar-refractivity contribution in [2.24, 2.45) is 11.8 Å². The minimum Gasteiger partial charge on any atom is -0.496 e. The van der Waals surface area contributed by atoms with E-state index in [4.69, 9.17) is 9.84 Å². The monoisotopic (exact) mass is 463 g/mol. The van der Waals surface area contributed by atoms with Gasteiger partial charge in [0.25, 0.3) is 0 Å². The third kappa shape index (κ3) is 4.57. The Hall–Kier alpha value is -3.19. The summed E-state index contributed by atoms with van der Waals surface area (Å²) in [7, 11) is 1.59. The van der Waals surface area contributed by atoms with Gasteiger partial charge in [0.1, 0.15) is 17.2 Å². The Morgan fingerprint density at radius 1 is 1.18 bits per heavy atom. The number of H-pyrrole nitrogens is 1. The van der Waals surface area contributed by atoms with Crippen molar-refractivity contribution in [1.29, 1.82) is 0 Å². The molecule has 0 saturated carbocycles. The summed E-state index contributed by atoms with van der Waals surface area (Å²) in [6.07, 6.45) is 9.45. The maximum absolute atomic E-state index is 14.0. The van der Waals surface area contributed by atoms with E-state index in [1.54, 1.807) is 19.4 Å². The number of piperidine rings is 1. The molecule has 1 saturated heterocycles. The number of nitrogens with zero attached hydrogens (tertiary/aromatic N) is 2. The van der Waals surface area contributed by atoms with Crippen molar-refractivity contribution in [3.05, 3.63) is 54.1 Å². The average Bonchev–Trinajstić information content (AvgIpc) is 3.29. The zero-order valence-corrected chi connectivity index (χ0v) is 19.4. The molecule has 1 fully saturated rings. The standard InChI is InChI=1S/C27H30FN3O3/c1-34-25-7-6-20(28)14-22(25)21-8-11-29-27-23(21)15-24(30-27)19-4-2-17(3-5-19)18-9-12-31(13-10-18)16-26(32)33/h4,6-8,11,14-15,17-18H,2-3,5,9-10,12-13,16H2,1H3,(H,29,30)(H,32,33). The quantitative estimate of drug-likeness (QED) is 0.515. The number of benzene rings is 1. The highest BCUT2D eigenvalue weighted by Gasteiger charge is 2.29. The van der Waals surface area contributed by atoms with Crippen LogP contribution >= 0.6 is 0 Å². The van der Waals surface area contributed by atoms with Gasteiger partial charge in [-0.15, -0.1) is 0 Å². The fourth-order valence-corrected chi connectivity index (χ4v) is 5.63. The number of carboxylic acid groups (broad SMARTS) is 1. The number of hydrogen-bond acceptors (Lipinski definition) is 4. The van der Waals surface area contributed by atoms with Gasteiger partial charge < -0.3 is 14.8 Å². The number of carbonyl (C=O) groups is 1. The van der Waals surface area contributed by atoms with Crippen LogP contribution in [-0.2, 0) is 4.79 Å². The highest BCUT2D eigenvalue weighted by molar-refractivity contribution is 5.96. The number of hydrogen-bond donors (Lipinski definition) is 2. The lowest BCUT2D eigenvalue weighted by Crippen LogP contribution is -2.39. The largest absolute Gasteiger partial charge is 0.496 e. The zero-order chi connectivity index (χ0) is 23.7. The van der Waals surface area contributed by atoms with Crippen LogP contribution in [0.3, 0.4) is 0 Å². The molecule has 1 aromatic carbocycles. The molecule has 3 aromatic rings. The number of fused-ring (bicyclic) bond motifs is 1. The van der Waals surface area contributed by atoms with Crippen molar-refractivity contribution in [2.75, 3.05) is 26.7 Å². The maximum atomic E-state index is 14.0. The van der Waals surface area contributed by atoms with E-state index >= 15 is 0 Å². The van der Waals surface area contributed by atoms with E-state index in [1.165, 1.54) is 17.7 Å². The molecule has 0 spiro atoms. The Morgan fingerprint density at radius 2 is 2.00 bits per heavy atom. The molecule has 0 bridgehead atoms. The summed E-state index contributed by atoms with van der Waals surface area (Å²) in [5.74, 6) is 0.914. The smallest absolute Gasteiger partial charge is 0.317 e. The lowest BCUT2D eigenvalue weighted by molar-refractivity contribution is -0.138. The summed E-state index contributed by atoms with van der Waals surface area (Å²) in [6.45, 7) is 1.91. The molecule has 0 radical (unpaired) electrons. The first-order valence-electron chi connectivity index (χ1n) is 12.0. The van der Waals surface area contributed by atoms with Crippen LogP contribution in [0.25, 0.3) is 27.7 Å². The number of carboxylic acids is 1. The van der Waals surface area contributed by atoms with Crippen LogP contribution in [0.1, 0.15) is 37.8 Å². The number of aromatic amines is 1. The van der Waals surface area contributed by atoms with E-state index in [2.05, 4.69) is 22.1 Å². The molecule has 0 amide bonds. The van der Waals surface area contributed by atoms with E-state index < -0.39 is 5.97 Å². The van der Waals surface area contributed by atoms with E-state index in [1.807, 2.05) is 11.0 Å². The second-order valence-corrected chi connectivity index (χ2v) is 9.42. The maximum Gasteiger partial charge on any atom is 0.317 e. The van der Waals surface area contributed by atoms with Gasteiger partial charge in [0.05, 0.1) is 13.7 Å². The molecule has 2 N–H and O–H groups in total. The van der Waals surface area contributed by atoms with Gasteiger partial charge in [0.2, 0.25) is 0 Å². The fourth-order valence-electron chi connectivity index (χ4n) is 5.63. The first-order chi connectivity index (χ1) is 16.5. The molecule has 2 aliphatic rings. The fraction of sp³-hybridized carbons (Fsp3) is 0.407. The Labute approximate surface area is 198 Å². The molecular weight excluding hydrogens is 433 g/mol. The number of aromatic nitrogens is 2. The summed E-state index contributed by atoms with van der Waals surface area (Å²) in [4.78, 5) is 21.0. The number of nitrogens with one attached hydrogen (secondary N) is 1. The number of allylic oxidation sites excluding steroid dienone is 2. The average molecular weight is 464 g/mol. The van der Waals surface area contributed by atoms with Crippen LogP contribution in [-0.4, -0.2) is 52.7 Å². The Morgan fingerprint density at radius 3 is 2.71 bits per heavy atom. The number of aliphatic carboxylic acids is 1. The molecule has 1 aliphatic heterocycles. The van der Waals surface area contributed by atoms with Crippen LogP contribution in [0.2, 0.25) is 0 Å². The van der Waals surface area contributed by atoms with Gasteiger partial charge >= 0.3 is 5.97 Å². The van der Waals surface area contributed by atoms with Crippen LogP contribution in [0, 0.1) is 17.7 Å². The number of ether oxygens (including phenoxy) is 1. The minimum absolute atomic E-state index is 0.152. The predicted octanol–water partition coefficient (Wildman–Crippen LogP) is 5.36. The highest BCUT2D eigenvalue weighted by atomic mass is 19.1. The number of likely N-dealkylation sites (tertiary alicyclic amines) is 1. The van der Waals surface area contributed by atoms with Crippen molar-refractivity contribution >= 4 is 22.6 Å². The second-order valence-electron chi connectivity index (χ2n) is 9.42. The normalized spacial score (nSPS) is 19.8. The summed E-state index contributed by atoms with van der Waals surface area (Å²) in [5.41, 5.74) is 4.76. The lowest BCUT2D eigenvalue weighted by atomic mass is 9.76. The molecule has 3 heterocycles. The molecule has 178 valence electrons. The van der Waals surface area contributed by atoms with E-state index in [0.717, 1.165) is 67.5 Å². The summed E-state index contributed by atoms with van der Waals surface area (Å²) in [5, 5.41) is 9.96. The van der Waals surface area contributed by atoms with Gasteiger partial charge in [-0.05, 0) is 98.5 Å². The summed E-state index contributed by atoms with van der Waals surface area (Å²) in [6, 6.07) is 8.59. The Bertz CT molecular complexity index is 1230. The van der Waals surface area contributed by atoms with Gasteiger partial charge in [0.15, 0.2) is 0 Å². The minimum atomic E-state index is -0.740. The Kier molecular flexibility index (Phi) is 6.37. The van der Waals surface area contributed by atoms with Crippen molar-refractivity contribution in [1.82, 2.24) is 14.9 Å². The molecule has 1 atom stereocenters. The second kappa shape index (κ2) is 9.58. The van der Waals surface area contributed by atoms with Crippen LogP contribution in [0.15, 0.2) is 42.6 Å². The van der Waals surface area contributed by atoms with Crippen molar-refractivity contribution < 1.29 is 19.0 Å². The first-order valence-corrected chi connectivity index (χ1v) is 12.0. The number of pyridine rings is 1. The topological polar surface area (TPSA) is 78.5 Å². The van der Waals surface area contributed by atoms with Gasteiger partial charge in [-0.3, -0.25) is 9.69 Å². The molecule has 1 unspecified atom stereocenters. The van der Waals surface area contributed by atoms with E-state index in [-0.39, 0.29) is 12.4 Å². The van der Waals surface area contributed by atoms with Crippen LogP contribution < -0.4 is 4.74 Å². The third-order valence-electron chi connectivity index (χ3n) is 7.44. The highest BCUT2D eigenvalue weighted by Crippen LogP contribution is 2.40. The molecule has 5 rings (SSSR count). The molecule has 7 heteroatoms. The molecule has 2 aromatic heterocycles. The molecule has 6 nitrogen and oxygen atoms in total. The third-order valence-corrected chi connectivity index (χ3v) is 7.44. The van der Waals surface area contributed by atoms with Crippen LogP contribution in [0.5, 0.6) is 5.75 Å². The summed E-state index contributed by atoms with van der Waals surface area (Å²) < 4.78 is 19.5. The number of rotatable bonds is 6. The molecule has 1 aliphatic carbocycles. The van der Waals surface area contributed by atoms with Gasteiger partial charge in [-0.25, -0.2) is 9.37 Å². The van der Waals surface area contributed by atoms with Gasteiger partial charge in [0, 0.05) is 22.8 Å². The summed E-state index contributed by atoms with van der Waals surface area (Å²) >= 11 is 0. The van der Waals surface area contributed by atoms with E-state index in [9.17, 15) is 9.18 Å². The number of halogens is 1.